The molecule has 0 saturated carbocycles. The van der Waals surface area contributed by atoms with Gasteiger partial charge in [0.1, 0.15) is 0 Å². The molecule has 2 amide bonds. The molecule has 3 heteroatoms. The Labute approximate surface area is 65.7 Å². The van der Waals surface area contributed by atoms with E-state index in [-0.39, 0.29) is 17.7 Å². The van der Waals surface area contributed by atoms with Crippen molar-refractivity contribution in [3.05, 3.63) is 12.7 Å². The highest BCUT2D eigenvalue weighted by atomic mass is 16.2. The maximum atomic E-state index is 11.2. The quantitative estimate of drug-likeness (QED) is 0.408. The van der Waals surface area contributed by atoms with Crippen LogP contribution in [0.1, 0.15) is 12.8 Å². The van der Waals surface area contributed by atoms with Gasteiger partial charge in [0.15, 0.2) is 0 Å². The van der Waals surface area contributed by atoms with E-state index in [9.17, 15) is 9.59 Å². The number of imide groups is 1. The Morgan fingerprint density at radius 2 is 2.27 bits per heavy atom. The van der Waals surface area contributed by atoms with Crippen molar-refractivity contribution in [2.24, 2.45) is 5.92 Å². The van der Waals surface area contributed by atoms with Gasteiger partial charge in [-0.1, -0.05) is 6.08 Å². The van der Waals surface area contributed by atoms with Crippen molar-refractivity contribution in [3.8, 4) is 0 Å². The lowest BCUT2D eigenvalue weighted by Crippen LogP contribution is -2.41. The lowest BCUT2D eigenvalue weighted by molar-refractivity contribution is -0.148. The van der Waals surface area contributed by atoms with E-state index in [0.717, 1.165) is 0 Å². The molecule has 0 aromatic carbocycles. The van der Waals surface area contributed by atoms with E-state index in [4.69, 9.17) is 0 Å². The zero-order valence-corrected chi connectivity index (χ0v) is 6.54. The van der Waals surface area contributed by atoms with Gasteiger partial charge in [0.25, 0.3) is 0 Å². The van der Waals surface area contributed by atoms with Crippen LogP contribution >= 0.6 is 0 Å². The molecule has 0 aromatic heterocycles. The number of amides is 2. The van der Waals surface area contributed by atoms with Crippen LogP contribution in [0.15, 0.2) is 12.7 Å². The highest BCUT2D eigenvalue weighted by Crippen LogP contribution is 2.17. The topological polar surface area (TPSA) is 37.4 Å². The van der Waals surface area contributed by atoms with Crippen molar-refractivity contribution in [3.63, 3.8) is 0 Å². The average Bonchev–Trinajstić information content (AvgIpc) is 2.01. The third-order valence-electron chi connectivity index (χ3n) is 1.98. The van der Waals surface area contributed by atoms with Crippen molar-refractivity contribution >= 4 is 11.8 Å². The molecule has 3 nitrogen and oxygen atoms in total. The predicted octanol–water partition coefficient (Wildman–Crippen LogP) is 0.567. The molecule has 1 fully saturated rings. The smallest absolute Gasteiger partial charge is 0.235 e. The van der Waals surface area contributed by atoms with Gasteiger partial charge in [0.05, 0.1) is 5.92 Å². The number of hydrogen-bond donors (Lipinski definition) is 0. The molecule has 0 radical (unpaired) electrons. The van der Waals surface area contributed by atoms with Crippen LogP contribution in [0.2, 0.25) is 0 Å². The molecule has 0 bridgehead atoms. The zero-order chi connectivity index (χ0) is 8.43. The first-order valence-electron chi connectivity index (χ1n) is 3.59. The number of nitrogens with zero attached hydrogens (tertiary/aromatic N) is 1. The van der Waals surface area contributed by atoms with Gasteiger partial charge in [-0.2, -0.15) is 0 Å². The Hall–Kier alpha value is -1.12. The lowest BCUT2D eigenvalue weighted by atomic mass is 9.97. The fourth-order valence-corrected chi connectivity index (χ4v) is 1.16. The summed E-state index contributed by atoms with van der Waals surface area (Å²) in [6.45, 7) is 3.54. The normalized spacial score (nSPS) is 25.5. The SMILES string of the molecule is C=CC1CCC(=O)N(C)C1=O. The van der Waals surface area contributed by atoms with E-state index in [1.165, 1.54) is 11.9 Å². The highest BCUT2D eigenvalue weighted by molar-refractivity contribution is 5.99. The van der Waals surface area contributed by atoms with E-state index in [0.29, 0.717) is 12.8 Å². The summed E-state index contributed by atoms with van der Waals surface area (Å²) in [6.07, 6.45) is 2.68. The van der Waals surface area contributed by atoms with Gasteiger partial charge in [0, 0.05) is 13.5 Å². The maximum absolute atomic E-state index is 11.2. The Kier molecular flexibility index (Phi) is 2.08. The monoisotopic (exact) mass is 153 g/mol. The molecule has 1 unspecified atom stereocenters. The molecule has 1 atom stereocenters. The first kappa shape index (κ1) is 7.98. The molecule has 0 aromatic rings. The Balaban J connectivity index is 2.74. The molecule has 1 saturated heterocycles. The second-order valence-corrected chi connectivity index (χ2v) is 2.67. The van der Waals surface area contributed by atoms with Crippen LogP contribution < -0.4 is 0 Å². The lowest BCUT2D eigenvalue weighted by Gasteiger charge is -2.25. The summed E-state index contributed by atoms with van der Waals surface area (Å²) < 4.78 is 0. The standard InChI is InChI=1S/C8H11NO2/c1-3-6-4-5-7(10)9(2)8(6)11/h3,6H,1,4-5H2,2H3. The summed E-state index contributed by atoms with van der Waals surface area (Å²) in [7, 11) is 1.51. The first-order chi connectivity index (χ1) is 5.16. The van der Waals surface area contributed by atoms with Gasteiger partial charge < -0.3 is 0 Å². The van der Waals surface area contributed by atoms with Gasteiger partial charge in [-0.05, 0) is 6.42 Å². The second-order valence-electron chi connectivity index (χ2n) is 2.67. The van der Waals surface area contributed by atoms with Gasteiger partial charge >= 0.3 is 0 Å². The van der Waals surface area contributed by atoms with Gasteiger partial charge in [-0.25, -0.2) is 0 Å². The third kappa shape index (κ3) is 1.31. The fraction of sp³-hybridized carbons (Fsp3) is 0.500. The van der Waals surface area contributed by atoms with Crippen LogP contribution in [-0.4, -0.2) is 23.8 Å². The van der Waals surface area contributed by atoms with Gasteiger partial charge in [-0.15, -0.1) is 6.58 Å². The Bertz CT molecular complexity index is 206. The van der Waals surface area contributed by atoms with E-state index < -0.39 is 0 Å². The predicted molar refractivity (Wildman–Crippen MR) is 40.7 cm³/mol. The Morgan fingerprint density at radius 1 is 1.64 bits per heavy atom. The van der Waals surface area contributed by atoms with E-state index >= 15 is 0 Å². The molecule has 1 aliphatic heterocycles. The summed E-state index contributed by atoms with van der Waals surface area (Å²) in [5.41, 5.74) is 0. The van der Waals surface area contributed by atoms with Crippen LogP contribution in [0.5, 0.6) is 0 Å². The number of likely N-dealkylation sites (tertiary alicyclic amines) is 1. The van der Waals surface area contributed by atoms with E-state index in [1.807, 2.05) is 0 Å². The summed E-state index contributed by atoms with van der Waals surface area (Å²) in [6, 6.07) is 0. The largest absolute Gasteiger partial charge is 0.285 e. The maximum Gasteiger partial charge on any atom is 0.235 e. The van der Waals surface area contributed by atoms with E-state index in [2.05, 4.69) is 6.58 Å². The first-order valence-corrected chi connectivity index (χ1v) is 3.59. The molecule has 11 heavy (non-hydrogen) atoms. The van der Waals surface area contributed by atoms with Crippen LogP contribution in [0.3, 0.4) is 0 Å². The van der Waals surface area contributed by atoms with Crippen LogP contribution in [0.4, 0.5) is 0 Å². The van der Waals surface area contributed by atoms with Crippen LogP contribution in [0.25, 0.3) is 0 Å². The minimum Gasteiger partial charge on any atom is -0.285 e. The summed E-state index contributed by atoms with van der Waals surface area (Å²) in [4.78, 5) is 23.3. The third-order valence-corrected chi connectivity index (χ3v) is 1.98. The molecule has 0 spiro atoms. The van der Waals surface area contributed by atoms with Gasteiger partial charge in [0.2, 0.25) is 11.8 Å². The number of piperidine rings is 1. The summed E-state index contributed by atoms with van der Waals surface area (Å²) >= 11 is 0. The van der Waals surface area contributed by atoms with Crippen molar-refractivity contribution in [1.29, 1.82) is 0 Å². The summed E-state index contributed by atoms with van der Waals surface area (Å²) in [5, 5.41) is 0. The minimum absolute atomic E-state index is 0.0897. The number of rotatable bonds is 1. The van der Waals surface area contributed by atoms with Crippen LogP contribution in [0, 0.1) is 5.92 Å². The fourth-order valence-electron chi connectivity index (χ4n) is 1.16. The van der Waals surface area contributed by atoms with Crippen molar-refractivity contribution in [2.45, 2.75) is 12.8 Å². The second kappa shape index (κ2) is 2.86. The molecule has 0 aliphatic carbocycles. The summed E-state index contributed by atoms with van der Waals surface area (Å²) in [5.74, 6) is -0.373. The van der Waals surface area contributed by atoms with Crippen molar-refractivity contribution in [1.82, 2.24) is 4.90 Å². The molecule has 1 aliphatic rings. The van der Waals surface area contributed by atoms with Crippen molar-refractivity contribution in [2.75, 3.05) is 7.05 Å². The number of carbonyl (C=O) groups excluding carboxylic acids is 2. The molecule has 0 N–H and O–H groups in total. The molecular formula is C8H11NO2. The Morgan fingerprint density at radius 3 is 2.82 bits per heavy atom. The van der Waals surface area contributed by atoms with Gasteiger partial charge in [-0.3, -0.25) is 14.5 Å². The van der Waals surface area contributed by atoms with Crippen LogP contribution in [-0.2, 0) is 9.59 Å². The minimum atomic E-state index is -0.155. The highest BCUT2D eigenvalue weighted by Gasteiger charge is 2.29. The zero-order valence-electron chi connectivity index (χ0n) is 6.54. The molecule has 1 heterocycles. The number of carbonyl (C=O) groups is 2. The molecule has 60 valence electrons. The number of hydrogen-bond acceptors (Lipinski definition) is 2. The van der Waals surface area contributed by atoms with E-state index in [1.54, 1.807) is 6.08 Å². The average molecular weight is 153 g/mol. The molecular weight excluding hydrogens is 142 g/mol. The molecule has 1 rings (SSSR count). The van der Waals surface area contributed by atoms with Crippen molar-refractivity contribution < 1.29 is 9.59 Å².